The third-order valence-corrected chi connectivity index (χ3v) is 2.21. The summed E-state index contributed by atoms with van der Waals surface area (Å²) in [7, 11) is 0. The molecule has 0 saturated carbocycles. The van der Waals surface area contributed by atoms with Gasteiger partial charge in [-0.3, -0.25) is 4.79 Å². The van der Waals surface area contributed by atoms with Gasteiger partial charge >= 0.3 is 0 Å². The second-order valence-electron chi connectivity index (χ2n) is 5.01. The zero-order valence-electron chi connectivity index (χ0n) is 11.1. The Morgan fingerprint density at radius 3 is 2.76 bits per heavy atom. The molecule has 0 aromatic carbocycles. The van der Waals surface area contributed by atoms with Crippen LogP contribution in [0, 0.1) is 0 Å². The van der Waals surface area contributed by atoms with E-state index >= 15 is 0 Å². The molecule has 0 spiro atoms. The first kappa shape index (κ1) is 13.5. The van der Waals surface area contributed by atoms with Crippen LogP contribution in [0.4, 0.5) is 5.95 Å². The number of nitrogens with one attached hydrogen (secondary N) is 2. The smallest absolute Gasteiger partial charge is 0.222 e. The maximum Gasteiger partial charge on any atom is 0.222 e. The van der Waals surface area contributed by atoms with E-state index in [1.807, 2.05) is 31.5 Å². The second kappa shape index (κ2) is 5.70. The molecule has 1 aromatic rings. The van der Waals surface area contributed by atoms with Crippen LogP contribution in [0.25, 0.3) is 0 Å². The van der Waals surface area contributed by atoms with Crippen LogP contribution in [0.3, 0.4) is 0 Å². The highest BCUT2D eigenvalue weighted by Crippen LogP contribution is 2.04. The third kappa shape index (κ3) is 4.89. The van der Waals surface area contributed by atoms with Crippen molar-refractivity contribution in [2.45, 2.75) is 46.2 Å². The molecular formula is C12H22N4O. The molecule has 0 radical (unpaired) electrons. The van der Waals surface area contributed by atoms with Gasteiger partial charge in [0.25, 0.3) is 0 Å². The number of rotatable bonds is 5. The second-order valence-corrected chi connectivity index (χ2v) is 5.01. The molecule has 0 atom stereocenters. The van der Waals surface area contributed by atoms with Gasteiger partial charge in [0.05, 0.1) is 0 Å². The Hall–Kier alpha value is -1.52. The lowest BCUT2D eigenvalue weighted by atomic mass is 10.1. The number of aromatic nitrogens is 2. The van der Waals surface area contributed by atoms with Gasteiger partial charge < -0.3 is 15.2 Å². The molecule has 0 bridgehead atoms. The minimum atomic E-state index is -0.168. The van der Waals surface area contributed by atoms with Gasteiger partial charge in [-0.1, -0.05) is 0 Å². The van der Waals surface area contributed by atoms with Crippen molar-refractivity contribution in [1.82, 2.24) is 14.9 Å². The predicted molar refractivity (Wildman–Crippen MR) is 68.9 cm³/mol. The first-order chi connectivity index (χ1) is 7.92. The summed E-state index contributed by atoms with van der Waals surface area (Å²) in [6, 6.07) is 0. The molecule has 96 valence electrons. The van der Waals surface area contributed by atoms with Crippen LogP contribution in [-0.4, -0.2) is 27.5 Å². The molecule has 0 aliphatic rings. The third-order valence-electron chi connectivity index (χ3n) is 2.21. The molecule has 2 N–H and O–H groups in total. The molecule has 1 heterocycles. The SMILES string of the molecule is CCn1ccnc1NCCC(=O)NC(C)(C)C. The summed E-state index contributed by atoms with van der Waals surface area (Å²) in [5.74, 6) is 0.871. The average Bonchev–Trinajstić information content (AvgIpc) is 2.62. The molecule has 5 heteroatoms. The van der Waals surface area contributed by atoms with Crippen molar-refractivity contribution in [3.63, 3.8) is 0 Å². The standard InChI is InChI=1S/C12H22N4O/c1-5-16-9-8-14-11(16)13-7-6-10(17)15-12(2,3)4/h8-9H,5-7H2,1-4H3,(H,13,14)(H,15,17). The van der Waals surface area contributed by atoms with Gasteiger partial charge in [-0.05, 0) is 27.7 Å². The van der Waals surface area contributed by atoms with Crippen LogP contribution >= 0.6 is 0 Å². The van der Waals surface area contributed by atoms with Crippen molar-refractivity contribution in [2.24, 2.45) is 0 Å². The van der Waals surface area contributed by atoms with Gasteiger partial charge in [0.15, 0.2) is 0 Å². The van der Waals surface area contributed by atoms with Crippen LogP contribution in [0.2, 0.25) is 0 Å². The summed E-state index contributed by atoms with van der Waals surface area (Å²) in [6.07, 6.45) is 4.12. The van der Waals surface area contributed by atoms with Crippen molar-refractivity contribution in [2.75, 3.05) is 11.9 Å². The molecule has 0 saturated heterocycles. The van der Waals surface area contributed by atoms with E-state index in [9.17, 15) is 4.79 Å². The minimum absolute atomic E-state index is 0.0552. The summed E-state index contributed by atoms with van der Waals surface area (Å²) < 4.78 is 2.00. The molecular weight excluding hydrogens is 216 g/mol. The maximum absolute atomic E-state index is 11.6. The van der Waals surface area contributed by atoms with E-state index in [1.54, 1.807) is 6.20 Å². The van der Waals surface area contributed by atoms with Crippen molar-refractivity contribution in [3.8, 4) is 0 Å². The number of carbonyl (C=O) groups excluding carboxylic acids is 1. The number of nitrogens with zero attached hydrogens (tertiary/aromatic N) is 2. The Morgan fingerprint density at radius 2 is 2.18 bits per heavy atom. The Balaban J connectivity index is 2.31. The van der Waals surface area contributed by atoms with E-state index in [2.05, 4.69) is 22.5 Å². The normalized spacial score (nSPS) is 11.3. The zero-order chi connectivity index (χ0) is 12.9. The minimum Gasteiger partial charge on any atom is -0.355 e. The van der Waals surface area contributed by atoms with Crippen molar-refractivity contribution in [1.29, 1.82) is 0 Å². The lowest BCUT2D eigenvalue weighted by molar-refractivity contribution is -0.122. The monoisotopic (exact) mass is 238 g/mol. The maximum atomic E-state index is 11.6. The van der Waals surface area contributed by atoms with Gasteiger partial charge in [0.1, 0.15) is 0 Å². The van der Waals surface area contributed by atoms with E-state index in [0.29, 0.717) is 13.0 Å². The molecule has 5 nitrogen and oxygen atoms in total. The van der Waals surface area contributed by atoms with Crippen LogP contribution in [0.5, 0.6) is 0 Å². The van der Waals surface area contributed by atoms with Gasteiger partial charge in [0.2, 0.25) is 11.9 Å². The highest BCUT2D eigenvalue weighted by Gasteiger charge is 2.13. The topological polar surface area (TPSA) is 59.0 Å². The summed E-state index contributed by atoms with van der Waals surface area (Å²) in [5.41, 5.74) is -0.168. The summed E-state index contributed by atoms with van der Waals surface area (Å²) in [4.78, 5) is 15.7. The van der Waals surface area contributed by atoms with E-state index < -0.39 is 0 Å². The van der Waals surface area contributed by atoms with Crippen molar-refractivity contribution in [3.05, 3.63) is 12.4 Å². The molecule has 0 unspecified atom stereocenters. The fraction of sp³-hybridized carbons (Fsp3) is 0.667. The van der Waals surface area contributed by atoms with Gasteiger partial charge in [-0.2, -0.15) is 0 Å². The predicted octanol–water partition coefficient (Wildman–Crippen LogP) is 1.62. The first-order valence-corrected chi connectivity index (χ1v) is 5.98. The van der Waals surface area contributed by atoms with Crippen molar-refractivity contribution >= 4 is 11.9 Å². The van der Waals surface area contributed by atoms with E-state index in [4.69, 9.17) is 0 Å². The Bertz CT molecular complexity index is 365. The molecule has 0 aliphatic carbocycles. The fourth-order valence-electron chi connectivity index (χ4n) is 1.50. The van der Waals surface area contributed by atoms with Crippen LogP contribution < -0.4 is 10.6 Å². The number of hydrogen-bond acceptors (Lipinski definition) is 3. The van der Waals surface area contributed by atoms with Gasteiger partial charge in [-0.15, -0.1) is 0 Å². The molecule has 17 heavy (non-hydrogen) atoms. The number of hydrogen-bond donors (Lipinski definition) is 2. The van der Waals surface area contributed by atoms with E-state index in [1.165, 1.54) is 0 Å². The van der Waals surface area contributed by atoms with Gasteiger partial charge in [-0.25, -0.2) is 4.98 Å². The number of anilines is 1. The number of imidazole rings is 1. The van der Waals surface area contributed by atoms with Crippen LogP contribution in [0.1, 0.15) is 34.1 Å². The number of aryl methyl sites for hydroxylation is 1. The fourth-order valence-corrected chi connectivity index (χ4v) is 1.50. The van der Waals surface area contributed by atoms with Gasteiger partial charge in [0, 0.05) is 37.4 Å². The lowest BCUT2D eigenvalue weighted by Crippen LogP contribution is -2.41. The summed E-state index contributed by atoms with van der Waals surface area (Å²) in [5, 5.41) is 6.07. The van der Waals surface area contributed by atoms with E-state index in [-0.39, 0.29) is 11.4 Å². The van der Waals surface area contributed by atoms with E-state index in [0.717, 1.165) is 12.5 Å². The Kier molecular flexibility index (Phi) is 4.54. The van der Waals surface area contributed by atoms with Crippen molar-refractivity contribution < 1.29 is 4.79 Å². The van der Waals surface area contributed by atoms with Crippen LogP contribution in [0.15, 0.2) is 12.4 Å². The van der Waals surface area contributed by atoms with Crippen LogP contribution in [-0.2, 0) is 11.3 Å². The first-order valence-electron chi connectivity index (χ1n) is 5.98. The average molecular weight is 238 g/mol. The molecule has 0 fully saturated rings. The highest BCUT2D eigenvalue weighted by atomic mass is 16.1. The highest BCUT2D eigenvalue weighted by molar-refractivity contribution is 5.77. The Labute approximate surface area is 103 Å². The zero-order valence-corrected chi connectivity index (χ0v) is 11.1. The number of carbonyl (C=O) groups is 1. The summed E-state index contributed by atoms with van der Waals surface area (Å²) in [6.45, 7) is 9.45. The number of amides is 1. The quantitative estimate of drug-likeness (QED) is 0.819. The molecule has 1 aromatic heterocycles. The molecule has 1 amide bonds. The largest absolute Gasteiger partial charge is 0.355 e. The molecule has 0 aliphatic heterocycles. The summed E-state index contributed by atoms with van der Waals surface area (Å²) >= 11 is 0. The Morgan fingerprint density at radius 1 is 1.47 bits per heavy atom. The lowest BCUT2D eigenvalue weighted by Gasteiger charge is -2.20. The molecule has 1 rings (SSSR count).